The Bertz CT molecular complexity index is 266. The number of hydrogen-bond acceptors (Lipinski definition) is 3. The molecule has 0 saturated heterocycles. The second-order valence-corrected chi connectivity index (χ2v) is 7.25. The monoisotopic (exact) mass is 356 g/mol. The molecule has 0 unspecified atom stereocenters. The number of carbonyl (C=O) groups excluding carboxylic acids is 1. The molecule has 0 rings (SSSR count). The largest absolute Gasteiger partial charge is 0.508 e. The summed E-state index contributed by atoms with van der Waals surface area (Å²) in [5.41, 5.74) is 0. The van der Waals surface area contributed by atoms with Crippen molar-refractivity contribution in [2.75, 3.05) is 13.2 Å². The molecule has 3 nitrogen and oxygen atoms in total. The molecule has 0 aliphatic rings. The van der Waals surface area contributed by atoms with Gasteiger partial charge in [-0.2, -0.15) is 0 Å². The van der Waals surface area contributed by atoms with Crippen LogP contribution in [-0.4, -0.2) is 19.4 Å². The molecular weight excluding hydrogens is 312 g/mol. The Morgan fingerprint density at radius 3 is 1.12 bits per heavy atom. The Balaban J connectivity index is 3.09. The van der Waals surface area contributed by atoms with E-state index in [-0.39, 0.29) is 0 Å². The first-order valence-corrected chi connectivity index (χ1v) is 11.1. The van der Waals surface area contributed by atoms with Crippen molar-refractivity contribution in [2.45, 2.75) is 123 Å². The van der Waals surface area contributed by atoms with E-state index in [0.717, 1.165) is 25.7 Å². The minimum Gasteiger partial charge on any atom is -0.434 e. The molecule has 0 amide bonds. The lowest BCUT2D eigenvalue weighted by molar-refractivity contribution is 0.0529. The van der Waals surface area contributed by atoms with Gasteiger partial charge in [0.1, 0.15) is 0 Å². The van der Waals surface area contributed by atoms with Crippen molar-refractivity contribution in [3.63, 3.8) is 0 Å². The van der Waals surface area contributed by atoms with Gasteiger partial charge in [-0.05, 0) is 12.8 Å². The fourth-order valence-corrected chi connectivity index (χ4v) is 3.00. The summed E-state index contributed by atoms with van der Waals surface area (Å²) in [7, 11) is 0. The van der Waals surface area contributed by atoms with Crippen molar-refractivity contribution in [3.05, 3.63) is 0 Å². The van der Waals surface area contributed by atoms with Gasteiger partial charge in [0.15, 0.2) is 0 Å². The predicted molar refractivity (Wildman–Crippen MR) is 107 cm³/mol. The SMILES string of the molecule is CCCCCCCCCCCCCCCOC(=O)OCCCCCC. The van der Waals surface area contributed by atoms with Gasteiger partial charge in [0.25, 0.3) is 0 Å². The maximum atomic E-state index is 11.3. The summed E-state index contributed by atoms with van der Waals surface area (Å²) in [5.74, 6) is 0. The lowest BCUT2D eigenvalue weighted by atomic mass is 10.0. The second kappa shape index (κ2) is 21.3. The smallest absolute Gasteiger partial charge is 0.434 e. The second-order valence-electron chi connectivity index (χ2n) is 7.25. The van der Waals surface area contributed by atoms with E-state index in [4.69, 9.17) is 9.47 Å². The fourth-order valence-electron chi connectivity index (χ4n) is 3.00. The van der Waals surface area contributed by atoms with Gasteiger partial charge in [-0.3, -0.25) is 0 Å². The molecule has 0 aliphatic heterocycles. The molecular formula is C22H44O3. The maximum Gasteiger partial charge on any atom is 0.508 e. The van der Waals surface area contributed by atoms with Gasteiger partial charge in [-0.15, -0.1) is 0 Å². The average Bonchev–Trinajstić information content (AvgIpc) is 2.62. The highest BCUT2D eigenvalue weighted by molar-refractivity contribution is 5.59. The minimum absolute atomic E-state index is 0.490. The number of hydrogen-bond donors (Lipinski definition) is 0. The summed E-state index contributed by atoms with van der Waals surface area (Å²) in [6, 6.07) is 0. The minimum atomic E-state index is -0.490. The maximum absolute atomic E-state index is 11.3. The molecule has 3 heteroatoms. The third-order valence-corrected chi connectivity index (χ3v) is 4.69. The summed E-state index contributed by atoms with van der Waals surface area (Å²) in [5, 5.41) is 0. The highest BCUT2D eigenvalue weighted by Gasteiger charge is 2.02. The quantitative estimate of drug-likeness (QED) is 0.175. The van der Waals surface area contributed by atoms with Crippen molar-refractivity contribution in [2.24, 2.45) is 0 Å². The highest BCUT2D eigenvalue weighted by Crippen LogP contribution is 2.12. The Labute approximate surface area is 157 Å². The van der Waals surface area contributed by atoms with Gasteiger partial charge in [-0.1, -0.05) is 110 Å². The Kier molecular flexibility index (Phi) is 20.7. The molecule has 0 aliphatic carbocycles. The third-order valence-electron chi connectivity index (χ3n) is 4.69. The van der Waals surface area contributed by atoms with E-state index in [9.17, 15) is 4.79 Å². The Morgan fingerprint density at radius 2 is 0.760 bits per heavy atom. The molecule has 0 heterocycles. The van der Waals surface area contributed by atoms with Crippen molar-refractivity contribution in [1.29, 1.82) is 0 Å². The van der Waals surface area contributed by atoms with Crippen molar-refractivity contribution < 1.29 is 14.3 Å². The van der Waals surface area contributed by atoms with Crippen molar-refractivity contribution in [1.82, 2.24) is 0 Å². The summed E-state index contributed by atoms with van der Waals surface area (Å²) >= 11 is 0. The van der Waals surface area contributed by atoms with Crippen LogP contribution in [0.25, 0.3) is 0 Å². The summed E-state index contributed by atoms with van der Waals surface area (Å²) in [6.07, 6.45) is 21.2. The van der Waals surface area contributed by atoms with E-state index < -0.39 is 6.16 Å². The average molecular weight is 357 g/mol. The lowest BCUT2D eigenvalue weighted by Crippen LogP contribution is -2.09. The van der Waals surface area contributed by atoms with E-state index in [1.807, 2.05) is 0 Å². The fraction of sp³-hybridized carbons (Fsp3) is 0.955. The van der Waals surface area contributed by atoms with Crippen LogP contribution in [0.15, 0.2) is 0 Å². The molecule has 0 aromatic rings. The van der Waals surface area contributed by atoms with Gasteiger partial charge in [0.2, 0.25) is 0 Å². The number of ether oxygens (including phenoxy) is 2. The highest BCUT2D eigenvalue weighted by atomic mass is 16.7. The van der Waals surface area contributed by atoms with E-state index in [1.165, 1.54) is 83.5 Å². The number of unbranched alkanes of at least 4 members (excludes halogenated alkanes) is 15. The first-order chi connectivity index (χ1) is 12.3. The molecule has 0 radical (unpaired) electrons. The van der Waals surface area contributed by atoms with Crippen LogP contribution in [0.4, 0.5) is 4.79 Å². The topological polar surface area (TPSA) is 35.5 Å². The summed E-state index contributed by atoms with van der Waals surface area (Å²) in [6.45, 7) is 5.45. The number of rotatable bonds is 19. The Hall–Kier alpha value is -0.730. The van der Waals surface area contributed by atoms with Crippen LogP contribution in [0.5, 0.6) is 0 Å². The first-order valence-electron chi connectivity index (χ1n) is 11.1. The van der Waals surface area contributed by atoms with Crippen LogP contribution in [0.1, 0.15) is 123 Å². The molecule has 25 heavy (non-hydrogen) atoms. The molecule has 0 spiro atoms. The van der Waals surface area contributed by atoms with Crippen molar-refractivity contribution >= 4 is 6.16 Å². The van der Waals surface area contributed by atoms with Crippen LogP contribution in [0, 0.1) is 0 Å². The van der Waals surface area contributed by atoms with E-state index in [1.54, 1.807) is 0 Å². The molecule has 0 atom stereocenters. The van der Waals surface area contributed by atoms with Crippen LogP contribution < -0.4 is 0 Å². The van der Waals surface area contributed by atoms with E-state index in [2.05, 4.69) is 13.8 Å². The zero-order valence-electron chi connectivity index (χ0n) is 17.2. The van der Waals surface area contributed by atoms with Crippen LogP contribution >= 0.6 is 0 Å². The van der Waals surface area contributed by atoms with E-state index in [0.29, 0.717) is 13.2 Å². The number of carbonyl (C=O) groups is 1. The molecule has 150 valence electrons. The van der Waals surface area contributed by atoms with E-state index >= 15 is 0 Å². The molecule has 0 fully saturated rings. The van der Waals surface area contributed by atoms with Gasteiger partial charge in [0, 0.05) is 0 Å². The zero-order chi connectivity index (χ0) is 18.4. The molecule has 0 N–H and O–H groups in total. The van der Waals surface area contributed by atoms with Gasteiger partial charge in [-0.25, -0.2) is 4.79 Å². The van der Waals surface area contributed by atoms with Crippen LogP contribution in [0.3, 0.4) is 0 Å². The normalized spacial score (nSPS) is 10.8. The molecule has 0 saturated carbocycles. The van der Waals surface area contributed by atoms with Crippen LogP contribution in [-0.2, 0) is 9.47 Å². The standard InChI is InChI=1S/C22H44O3/c1-3-5-7-9-10-11-12-13-14-15-16-17-19-21-25-22(23)24-20-18-8-6-4-2/h3-21H2,1-2H3. The molecule has 0 aromatic carbocycles. The molecule has 0 aromatic heterocycles. The van der Waals surface area contributed by atoms with Gasteiger partial charge in [0.05, 0.1) is 13.2 Å². The first kappa shape index (κ1) is 24.3. The van der Waals surface area contributed by atoms with Crippen LogP contribution in [0.2, 0.25) is 0 Å². The molecule has 0 bridgehead atoms. The van der Waals surface area contributed by atoms with Crippen molar-refractivity contribution in [3.8, 4) is 0 Å². The Morgan fingerprint density at radius 1 is 0.480 bits per heavy atom. The summed E-state index contributed by atoms with van der Waals surface area (Å²) in [4.78, 5) is 11.3. The third kappa shape index (κ3) is 21.2. The predicted octanol–water partition coefficient (Wildman–Crippen LogP) is 7.81. The van der Waals surface area contributed by atoms with Gasteiger partial charge < -0.3 is 9.47 Å². The van der Waals surface area contributed by atoms with Gasteiger partial charge >= 0.3 is 6.16 Å². The zero-order valence-corrected chi connectivity index (χ0v) is 17.2. The lowest BCUT2D eigenvalue weighted by Gasteiger charge is -2.06. The summed E-state index contributed by atoms with van der Waals surface area (Å²) < 4.78 is 10.1.